The van der Waals surface area contributed by atoms with Gasteiger partial charge in [0.1, 0.15) is 12.1 Å². The zero-order valence-electron chi connectivity index (χ0n) is 16.9. The van der Waals surface area contributed by atoms with E-state index >= 15 is 0 Å². The third-order valence-electron chi connectivity index (χ3n) is 4.91. The first-order valence-corrected chi connectivity index (χ1v) is 10.4. The van der Waals surface area contributed by atoms with Crippen LogP contribution in [0.4, 0.5) is 0 Å². The molecule has 0 aliphatic carbocycles. The van der Waals surface area contributed by atoms with E-state index in [4.69, 9.17) is 10.5 Å². The maximum atomic E-state index is 12.5. The van der Waals surface area contributed by atoms with Gasteiger partial charge in [-0.15, -0.1) is 11.8 Å². The minimum absolute atomic E-state index is 0.0274. The van der Waals surface area contributed by atoms with Crippen LogP contribution in [0, 0.1) is 5.92 Å². The van der Waals surface area contributed by atoms with Gasteiger partial charge in [0.05, 0.1) is 6.61 Å². The molecule has 2 rings (SSSR count). The van der Waals surface area contributed by atoms with Gasteiger partial charge in [-0.2, -0.15) is 0 Å². The molecule has 0 aromatic rings. The molecule has 0 aromatic carbocycles. The highest BCUT2D eigenvalue weighted by Crippen LogP contribution is 2.45. The summed E-state index contributed by atoms with van der Waals surface area (Å²) in [6.45, 7) is 5.17. The Bertz CT molecular complexity index is 797. The summed E-state index contributed by atoms with van der Waals surface area (Å²) in [6, 6.07) is -0.719. The summed E-state index contributed by atoms with van der Waals surface area (Å²) in [6.07, 6.45) is -0.363. The van der Waals surface area contributed by atoms with Gasteiger partial charge >= 0.3 is 17.8 Å². The average molecular weight is 442 g/mol. The molecule has 2 aliphatic heterocycles. The second-order valence-corrected chi connectivity index (χ2v) is 8.45. The molecule has 4 amide bonds. The maximum absolute atomic E-state index is 12.5. The second kappa shape index (κ2) is 9.47. The molecule has 0 spiro atoms. The molecule has 0 aromatic heterocycles. The number of rotatable bonds is 7. The summed E-state index contributed by atoms with van der Waals surface area (Å²) in [4.78, 5) is 59.4. The molecule has 0 bridgehead atoms. The van der Waals surface area contributed by atoms with E-state index in [1.165, 1.54) is 18.7 Å². The van der Waals surface area contributed by atoms with Gasteiger partial charge in [-0.25, -0.2) is 4.79 Å². The number of aliphatic carboxylic acids is 1. The van der Waals surface area contributed by atoms with Gasteiger partial charge in [0, 0.05) is 24.1 Å². The topological polar surface area (TPSA) is 177 Å². The van der Waals surface area contributed by atoms with Crippen LogP contribution in [0.1, 0.15) is 27.2 Å². The smallest absolute Gasteiger partial charge is 0.334 e. The van der Waals surface area contributed by atoms with Gasteiger partial charge in [-0.1, -0.05) is 13.8 Å². The van der Waals surface area contributed by atoms with Crippen LogP contribution in [0.15, 0.2) is 10.5 Å². The van der Waals surface area contributed by atoms with Crippen LogP contribution in [0.3, 0.4) is 0 Å². The van der Waals surface area contributed by atoms with E-state index in [0.717, 1.165) is 0 Å². The molecular weight excluding hydrogens is 416 g/mol. The van der Waals surface area contributed by atoms with Crippen molar-refractivity contribution in [2.75, 3.05) is 18.9 Å². The molecule has 0 saturated carbocycles. The van der Waals surface area contributed by atoms with E-state index in [0.29, 0.717) is 10.5 Å². The number of carboxylic acid groups (broad SMARTS) is 1. The number of primary amides is 1. The van der Waals surface area contributed by atoms with Crippen molar-refractivity contribution in [1.29, 1.82) is 0 Å². The monoisotopic (exact) mass is 442 g/mol. The maximum Gasteiger partial charge on any atom is 0.334 e. The van der Waals surface area contributed by atoms with Crippen molar-refractivity contribution < 1.29 is 33.8 Å². The lowest BCUT2D eigenvalue weighted by atomic mass is 9.87. The fraction of sp³-hybridized carbons (Fsp3) is 0.611. The van der Waals surface area contributed by atoms with Gasteiger partial charge in [0.25, 0.3) is 0 Å². The Morgan fingerprint density at radius 3 is 2.50 bits per heavy atom. The lowest BCUT2D eigenvalue weighted by Crippen LogP contribution is -2.59. The minimum Gasteiger partial charge on any atom is -0.479 e. The van der Waals surface area contributed by atoms with Crippen molar-refractivity contribution in [3.05, 3.63) is 10.5 Å². The molecule has 11 nitrogen and oxygen atoms in total. The average Bonchev–Trinajstić information content (AvgIpc) is 3.04. The number of carbonyl (C=O) groups is 5. The highest BCUT2D eigenvalue weighted by Gasteiger charge is 2.52. The summed E-state index contributed by atoms with van der Waals surface area (Å²) >= 11 is 1.19. The Morgan fingerprint density at radius 2 is 1.97 bits per heavy atom. The largest absolute Gasteiger partial charge is 0.479 e. The summed E-state index contributed by atoms with van der Waals surface area (Å²) in [5, 5.41) is 17.4. The number of hydrogen-bond acceptors (Lipinski definition) is 7. The first-order valence-electron chi connectivity index (χ1n) is 9.37. The Balaban J connectivity index is 2.19. The van der Waals surface area contributed by atoms with E-state index in [1.54, 1.807) is 13.8 Å². The number of thioether (sulfide) groups is 1. The fourth-order valence-corrected chi connectivity index (χ4v) is 4.92. The Kier molecular flexibility index (Phi) is 7.48. The predicted octanol–water partition coefficient (Wildman–Crippen LogP) is -1.52. The number of carboxylic acids is 1. The first-order chi connectivity index (χ1) is 14.0. The Hall–Kier alpha value is -2.60. The number of hydrogen-bond donors (Lipinski definition) is 5. The van der Waals surface area contributed by atoms with Gasteiger partial charge < -0.3 is 31.5 Å². The van der Waals surface area contributed by atoms with Crippen LogP contribution in [-0.2, 0) is 28.7 Å². The van der Waals surface area contributed by atoms with E-state index in [-0.39, 0.29) is 43.1 Å². The zero-order chi connectivity index (χ0) is 22.6. The highest BCUT2D eigenvalue weighted by atomic mass is 32.2. The van der Waals surface area contributed by atoms with Crippen LogP contribution in [0.5, 0.6) is 0 Å². The molecule has 2 aliphatic rings. The lowest BCUT2D eigenvalue weighted by Gasteiger charge is -2.32. The molecule has 0 fully saturated rings. The van der Waals surface area contributed by atoms with Crippen LogP contribution in [0.2, 0.25) is 0 Å². The molecule has 3 atom stereocenters. The van der Waals surface area contributed by atoms with E-state index in [1.807, 2.05) is 0 Å². The Labute approximate surface area is 177 Å². The molecule has 0 radical (unpaired) electrons. The van der Waals surface area contributed by atoms with Crippen molar-refractivity contribution in [1.82, 2.24) is 16.0 Å². The minimum atomic E-state index is -1.76. The number of nitrogens with two attached hydrogens (primary N) is 1. The first kappa shape index (κ1) is 23.7. The molecule has 12 heteroatoms. The summed E-state index contributed by atoms with van der Waals surface area (Å²) in [5.74, 6) is -4.64. The van der Waals surface area contributed by atoms with Gasteiger partial charge in [-0.3, -0.25) is 19.2 Å². The van der Waals surface area contributed by atoms with Crippen LogP contribution in [0.25, 0.3) is 0 Å². The van der Waals surface area contributed by atoms with Crippen LogP contribution in [-0.4, -0.2) is 71.3 Å². The summed E-state index contributed by atoms with van der Waals surface area (Å²) in [7, 11) is 0. The van der Waals surface area contributed by atoms with Gasteiger partial charge in [0.2, 0.25) is 11.8 Å². The molecular formula is C18H26N4O7S. The third kappa shape index (κ3) is 4.93. The lowest BCUT2D eigenvalue weighted by molar-refractivity contribution is -0.146. The van der Waals surface area contributed by atoms with E-state index in [9.17, 15) is 29.1 Å². The summed E-state index contributed by atoms with van der Waals surface area (Å²) < 4.78 is 5.71. The molecule has 6 N–H and O–H groups in total. The predicted molar refractivity (Wildman–Crippen MR) is 107 cm³/mol. The van der Waals surface area contributed by atoms with Gasteiger partial charge in [0.15, 0.2) is 5.54 Å². The highest BCUT2D eigenvalue weighted by molar-refractivity contribution is 8.03. The number of nitrogens with one attached hydrogen (secondary N) is 3. The molecule has 0 saturated heterocycles. The number of amides is 4. The quantitative estimate of drug-likeness (QED) is 0.295. The number of carbonyl (C=O) groups excluding carboxylic acids is 4. The van der Waals surface area contributed by atoms with Crippen molar-refractivity contribution in [3.63, 3.8) is 0 Å². The van der Waals surface area contributed by atoms with Crippen molar-refractivity contribution in [2.24, 2.45) is 11.7 Å². The van der Waals surface area contributed by atoms with Crippen LogP contribution >= 0.6 is 11.8 Å². The standard InChI is InChI=1S/C18H26N4O7S/c1-8(2)12(21-9(3)23)15(25)20-6-11-13-10(4-5-29-11)18(7-30-13,17(27)28)22-16(26)14(19)24/h8,11-12H,4-7H2,1-3H3,(H2,19,24)(H,20,25)(H,21,23)(H,22,26)(H,27,28). The molecule has 166 valence electrons. The number of ether oxygens (including phenoxy) is 1. The molecule has 30 heavy (non-hydrogen) atoms. The summed E-state index contributed by atoms with van der Waals surface area (Å²) in [5.41, 5.74) is 3.65. The SMILES string of the molecule is CC(=O)NC(C(=O)NCC1OCCC2=C1SCC2(NC(=O)C(N)=O)C(=O)O)C(C)C. The fourth-order valence-electron chi connectivity index (χ4n) is 3.39. The molecule has 3 unspecified atom stereocenters. The zero-order valence-corrected chi connectivity index (χ0v) is 17.8. The van der Waals surface area contributed by atoms with Crippen LogP contribution < -0.4 is 21.7 Å². The Morgan fingerprint density at radius 1 is 1.30 bits per heavy atom. The normalized spacial score (nSPS) is 24.1. The van der Waals surface area contributed by atoms with Crippen molar-refractivity contribution in [2.45, 2.75) is 44.9 Å². The van der Waals surface area contributed by atoms with Gasteiger partial charge in [-0.05, 0) is 17.9 Å². The second-order valence-electron chi connectivity index (χ2n) is 7.44. The molecule has 2 heterocycles. The van der Waals surface area contributed by atoms with Crippen molar-refractivity contribution in [3.8, 4) is 0 Å². The van der Waals surface area contributed by atoms with E-state index in [2.05, 4.69) is 16.0 Å². The van der Waals surface area contributed by atoms with Crippen molar-refractivity contribution >= 4 is 41.4 Å². The third-order valence-corrected chi connectivity index (χ3v) is 6.30. The van der Waals surface area contributed by atoms with E-state index < -0.39 is 35.5 Å².